The van der Waals surface area contributed by atoms with Crippen LogP contribution in [0, 0.1) is 19.7 Å². The molecule has 10 heteroatoms. The van der Waals surface area contributed by atoms with Crippen LogP contribution < -0.4 is 11.0 Å². The highest BCUT2D eigenvalue weighted by molar-refractivity contribution is 7.93. The van der Waals surface area contributed by atoms with Crippen LogP contribution >= 0.6 is 0 Å². The second-order valence-corrected chi connectivity index (χ2v) is 11.7. The molecule has 0 aliphatic carbocycles. The van der Waals surface area contributed by atoms with Crippen molar-refractivity contribution in [3.8, 4) is 17.2 Å². The predicted octanol–water partition coefficient (Wildman–Crippen LogP) is 3.86. The lowest BCUT2D eigenvalue weighted by molar-refractivity contribution is 0.536. The van der Waals surface area contributed by atoms with Crippen molar-refractivity contribution in [2.75, 3.05) is 19.8 Å². The quantitative estimate of drug-likeness (QED) is 0.454. The second kappa shape index (κ2) is 8.86. The summed E-state index contributed by atoms with van der Waals surface area (Å²) in [5.41, 5.74) is 3.99. The lowest BCUT2D eigenvalue weighted by Gasteiger charge is -2.21. The van der Waals surface area contributed by atoms with Gasteiger partial charge >= 0.3 is 5.69 Å². The van der Waals surface area contributed by atoms with Gasteiger partial charge in [0.1, 0.15) is 11.6 Å². The summed E-state index contributed by atoms with van der Waals surface area (Å²) in [5, 5.41) is 8.33. The monoisotopic (exact) mass is 508 g/mol. The molecule has 5 rings (SSSR count). The van der Waals surface area contributed by atoms with Gasteiger partial charge in [-0.05, 0) is 68.3 Å². The fourth-order valence-corrected chi connectivity index (χ4v) is 5.61. The molecule has 0 amide bonds. The number of hydrogen-bond acceptors (Lipinski definition) is 5. The van der Waals surface area contributed by atoms with Crippen LogP contribution in [0.25, 0.3) is 17.2 Å². The average Bonchev–Trinajstić information content (AvgIpc) is 3.43. The first-order chi connectivity index (χ1) is 17.1. The zero-order valence-electron chi connectivity index (χ0n) is 20.9. The summed E-state index contributed by atoms with van der Waals surface area (Å²) in [5.74, 6) is 0.391. The molecule has 3 heterocycles. The number of aryl methyl sites for hydroxylation is 2. The molecule has 0 spiro atoms. The number of fused-ring (bicyclic) bond motifs is 1. The molecule has 0 saturated carbocycles. The molecule has 2 aromatic carbocycles. The number of nitrogens with zero attached hydrogens (tertiary/aromatic N) is 5. The highest BCUT2D eigenvalue weighted by Gasteiger charge is 2.29. The Morgan fingerprint density at radius 1 is 1.08 bits per heavy atom. The van der Waals surface area contributed by atoms with Gasteiger partial charge in [0.15, 0.2) is 0 Å². The first-order valence-electron chi connectivity index (χ1n) is 11.8. The minimum absolute atomic E-state index is 0.00910. The van der Waals surface area contributed by atoms with Crippen LogP contribution in [0.3, 0.4) is 0 Å². The largest absolute Gasteiger partial charge is 0.338 e. The number of hydrogen-bond donors (Lipinski definition) is 1. The van der Waals surface area contributed by atoms with Crippen molar-refractivity contribution in [1.82, 2.24) is 24.2 Å². The number of imidazole rings is 1. The first kappa shape index (κ1) is 24.2. The molecule has 0 saturated heterocycles. The van der Waals surface area contributed by atoms with Crippen molar-refractivity contribution in [2.24, 2.45) is 4.36 Å². The van der Waals surface area contributed by atoms with E-state index in [0.29, 0.717) is 33.2 Å². The number of benzene rings is 2. The van der Waals surface area contributed by atoms with E-state index in [4.69, 9.17) is 5.10 Å². The van der Waals surface area contributed by atoms with E-state index in [-0.39, 0.29) is 17.5 Å². The van der Waals surface area contributed by atoms with E-state index in [1.165, 1.54) is 11.6 Å². The molecule has 1 aliphatic rings. The topological polar surface area (TPSA) is 86.2 Å². The van der Waals surface area contributed by atoms with Crippen molar-refractivity contribution in [3.63, 3.8) is 0 Å². The number of rotatable bonds is 4. The van der Waals surface area contributed by atoms with E-state index in [9.17, 15) is 13.4 Å². The van der Waals surface area contributed by atoms with E-state index >= 15 is 0 Å². The summed E-state index contributed by atoms with van der Waals surface area (Å²) in [6.45, 7) is 6.30. The van der Waals surface area contributed by atoms with Gasteiger partial charge in [0.2, 0.25) is 0 Å². The van der Waals surface area contributed by atoms with Gasteiger partial charge in [-0.3, -0.25) is 9.13 Å². The molecule has 0 fully saturated rings. The van der Waals surface area contributed by atoms with E-state index in [1.54, 1.807) is 78.1 Å². The number of aromatic nitrogens is 4. The Morgan fingerprint density at radius 2 is 1.72 bits per heavy atom. The van der Waals surface area contributed by atoms with E-state index in [0.717, 1.165) is 24.2 Å². The van der Waals surface area contributed by atoms with Gasteiger partial charge in [-0.15, -0.1) is 0 Å². The average molecular weight is 509 g/mol. The fraction of sp³-hybridized carbons (Fsp3) is 0.308. The van der Waals surface area contributed by atoms with Gasteiger partial charge in [-0.25, -0.2) is 22.4 Å². The van der Waals surface area contributed by atoms with Crippen molar-refractivity contribution in [2.45, 2.75) is 38.1 Å². The maximum atomic E-state index is 14.4. The summed E-state index contributed by atoms with van der Waals surface area (Å²) in [6, 6.07) is 10.5. The zero-order valence-corrected chi connectivity index (χ0v) is 21.8. The Labute approximate surface area is 209 Å². The number of halogens is 1. The summed E-state index contributed by atoms with van der Waals surface area (Å²) >= 11 is 0. The highest BCUT2D eigenvalue weighted by atomic mass is 32.2. The third-order valence-corrected chi connectivity index (χ3v) is 8.63. The normalized spacial score (nSPS) is 17.0. The molecule has 36 heavy (non-hydrogen) atoms. The summed E-state index contributed by atoms with van der Waals surface area (Å²) < 4.78 is 35.8. The molecule has 2 aromatic heterocycles. The van der Waals surface area contributed by atoms with Gasteiger partial charge < -0.3 is 5.32 Å². The van der Waals surface area contributed by atoms with Crippen LogP contribution in [-0.2, 0) is 16.1 Å². The third kappa shape index (κ3) is 3.90. The van der Waals surface area contributed by atoms with Crippen LogP contribution in [-0.4, -0.2) is 43.0 Å². The minimum Gasteiger partial charge on any atom is -0.310 e. The smallest absolute Gasteiger partial charge is 0.310 e. The number of nitrogens with one attached hydrogen (secondary N) is 1. The first-order valence-corrected chi connectivity index (χ1v) is 13.7. The van der Waals surface area contributed by atoms with Crippen molar-refractivity contribution >= 4 is 9.73 Å². The molecule has 0 bridgehead atoms. The minimum atomic E-state index is -2.46. The van der Waals surface area contributed by atoms with Gasteiger partial charge in [-0.1, -0.05) is 0 Å². The van der Waals surface area contributed by atoms with E-state index in [2.05, 4.69) is 16.6 Å². The van der Waals surface area contributed by atoms with Crippen molar-refractivity contribution in [3.05, 3.63) is 87.5 Å². The Morgan fingerprint density at radius 3 is 2.36 bits per heavy atom. The maximum absolute atomic E-state index is 14.4. The Hall–Kier alpha value is -3.50. The van der Waals surface area contributed by atoms with Gasteiger partial charge in [0.25, 0.3) is 0 Å². The Balaban J connectivity index is 1.69. The fourth-order valence-electron chi connectivity index (χ4n) is 4.76. The summed E-state index contributed by atoms with van der Waals surface area (Å²) in [4.78, 5) is 14.3. The predicted molar refractivity (Wildman–Crippen MR) is 139 cm³/mol. The molecule has 1 N–H and O–H groups in total. The highest BCUT2D eigenvalue weighted by Crippen LogP contribution is 2.31. The standard InChI is InChI=1S/C26H29FN6O2S/c1-16-14-20(15-17(2)24(16)27)33-25(23-18(3)29-11-10-22(23)30-33)32-13-12-31(26(32)34)19-6-8-21(9-7-19)36(5,35)28-4/h6-9,12-15,18,29H,10-11H2,1-5H3/t18-,36?/m0/s1. The van der Waals surface area contributed by atoms with Crippen LogP contribution in [0.1, 0.15) is 35.3 Å². The lowest BCUT2D eigenvalue weighted by Crippen LogP contribution is -2.30. The molecule has 0 radical (unpaired) electrons. The summed E-state index contributed by atoms with van der Waals surface area (Å²) in [7, 11) is -0.931. The van der Waals surface area contributed by atoms with Crippen molar-refractivity contribution < 1.29 is 8.60 Å². The SMILES string of the molecule is CN=S(C)(=O)c1ccc(-n2ccn(-c3c4c(nn3-c3cc(C)c(F)c(C)c3)CCN[C@H]4C)c2=O)cc1. The molecule has 1 aliphatic heterocycles. The molecule has 8 nitrogen and oxygen atoms in total. The van der Waals surface area contributed by atoms with Crippen molar-refractivity contribution in [1.29, 1.82) is 0 Å². The van der Waals surface area contributed by atoms with E-state index in [1.807, 2.05) is 0 Å². The van der Waals surface area contributed by atoms with Crippen LogP contribution in [0.4, 0.5) is 4.39 Å². The molecule has 4 aromatic rings. The third-order valence-electron chi connectivity index (χ3n) is 6.79. The van der Waals surface area contributed by atoms with Gasteiger partial charge in [0, 0.05) is 55.2 Å². The van der Waals surface area contributed by atoms with Crippen LogP contribution in [0.15, 0.2) is 62.8 Å². The maximum Gasteiger partial charge on any atom is 0.338 e. The van der Waals surface area contributed by atoms with Gasteiger partial charge in [-0.2, -0.15) is 5.10 Å². The van der Waals surface area contributed by atoms with Crippen LogP contribution in [0.5, 0.6) is 0 Å². The molecule has 2 atom stereocenters. The Kier molecular flexibility index (Phi) is 5.96. The molecule has 188 valence electrons. The Bertz CT molecular complexity index is 1630. The van der Waals surface area contributed by atoms with Crippen LogP contribution in [0.2, 0.25) is 0 Å². The second-order valence-electron chi connectivity index (χ2n) is 9.21. The molecular weight excluding hydrogens is 479 g/mol. The lowest BCUT2D eigenvalue weighted by atomic mass is 10.0. The molecular formula is C26H29FN6O2S. The van der Waals surface area contributed by atoms with E-state index < -0.39 is 9.73 Å². The zero-order chi connectivity index (χ0) is 25.8. The summed E-state index contributed by atoms with van der Waals surface area (Å²) in [6.07, 6.45) is 5.74. The molecule has 1 unspecified atom stereocenters. The van der Waals surface area contributed by atoms with Gasteiger partial charge in [0.05, 0.1) is 26.8 Å².